The molecule has 1 N–H and O–H groups in total. The highest BCUT2D eigenvalue weighted by Crippen LogP contribution is 2.24. The summed E-state index contributed by atoms with van der Waals surface area (Å²) < 4.78 is 1.77. The van der Waals surface area contributed by atoms with Crippen molar-refractivity contribution in [1.29, 1.82) is 0 Å². The predicted octanol–water partition coefficient (Wildman–Crippen LogP) is 2.23. The number of nitrogens with zero attached hydrogens (tertiary/aromatic N) is 5. The van der Waals surface area contributed by atoms with Crippen LogP contribution in [-0.2, 0) is 6.54 Å². The summed E-state index contributed by atoms with van der Waals surface area (Å²) in [6.07, 6.45) is 7.00. The molecule has 2 aromatic heterocycles. The van der Waals surface area contributed by atoms with Crippen LogP contribution in [0, 0.1) is 0 Å². The van der Waals surface area contributed by atoms with Crippen LogP contribution in [0.4, 0.5) is 0 Å². The van der Waals surface area contributed by atoms with Crippen molar-refractivity contribution in [2.24, 2.45) is 0 Å². The Morgan fingerprint density at radius 2 is 1.84 bits per heavy atom. The average Bonchev–Trinajstić information content (AvgIpc) is 3.18. The van der Waals surface area contributed by atoms with Crippen LogP contribution in [0.25, 0.3) is 5.69 Å². The van der Waals surface area contributed by atoms with Gasteiger partial charge in [-0.05, 0) is 35.4 Å². The van der Waals surface area contributed by atoms with E-state index in [1.807, 2.05) is 12.4 Å². The van der Waals surface area contributed by atoms with Crippen molar-refractivity contribution in [2.75, 3.05) is 19.6 Å². The lowest BCUT2D eigenvalue weighted by molar-refractivity contribution is 0.153. The second-order valence-electron chi connectivity index (χ2n) is 5.98. The van der Waals surface area contributed by atoms with Gasteiger partial charge >= 0.3 is 0 Å². The van der Waals surface area contributed by atoms with Gasteiger partial charge in [0.1, 0.15) is 12.7 Å². The highest BCUT2D eigenvalue weighted by atomic mass is 35.5. The van der Waals surface area contributed by atoms with Gasteiger partial charge in [-0.3, -0.25) is 9.88 Å². The molecule has 0 radical (unpaired) electrons. The Morgan fingerprint density at radius 3 is 2.56 bits per heavy atom. The second kappa shape index (κ2) is 8.20. The van der Waals surface area contributed by atoms with Gasteiger partial charge in [-0.25, -0.2) is 9.67 Å². The minimum absolute atomic E-state index is 0. The maximum Gasteiger partial charge on any atom is 0.138 e. The summed E-state index contributed by atoms with van der Waals surface area (Å²) >= 11 is 0. The highest BCUT2D eigenvalue weighted by Gasteiger charge is 2.23. The molecule has 0 spiro atoms. The molecule has 3 aromatic rings. The van der Waals surface area contributed by atoms with Crippen LogP contribution >= 0.6 is 12.4 Å². The second-order valence-corrected chi connectivity index (χ2v) is 5.98. The summed E-state index contributed by atoms with van der Waals surface area (Å²) in [6.45, 7) is 3.98. The van der Waals surface area contributed by atoms with Gasteiger partial charge in [0.05, 0.1) is 5.69 Å². The lowest BCUT2D eigenvalue weighted by atomic mass is 10.0. The molecule has 1 aliphatic rings. The topological polar surface area (TPSA) is 58.9 Å². The molecule has 1 fully saturated rings. The van der Waals surface area contributed by atoms with Gasteiger partial charge in [0.25, 0.3) is 0 Å². The molecule has 3 heterocycles. The monoisotopic (exact) mass is 356 g/mol. The van der Waals surface area contributed by atoms with Crippen LogP contribution in [0.15, 0.2) is 61.4 Å². The largest absolute Gasteiger partial charge is 0.314 e. The normalized spacial score (nSPS) is 17.8. The van der Waals surface area contributed by atoms with Crippen LogP contribution in [0.1, 0.15) is 17.2 Å². The molecule has 130 valence electrons. The number of nitrogens with one attached hydrogen (secondary N) is 1. The zero-order chi connectivity index (χ0) is 16.2. The van der Waals surface area contributed by atoms with E-state index in [0.29, 0.717) is 6.04 Å². The van der Waals surface area contributed by atoms with E-state index in [-0.39, 0.29) is 12.4 Å². The number of benzene rings is 1. The van der Waals surface area contributed by atoms with Crippen LogP contribution < -0.4 is 5.32 Å². The molecule has 0 aliphatic carbocycles. The molecule has 7 heteroatoms. The standard InChI is InChI=1S/C18H20N6.ClH/c1-3-17(24-14-21-13-22-24)4-2-15(1)12-23-10-9-20-11-18(23)16-5-7-19-8-6-16;/h1-8,13-14,18,20H,9-12H2;1H. The maximum atomic E-state index is 4.16. The van der Waals surface area contributed by atoms with E-state index >= 15 is 0 Å². The Hall–Kier alpha value is -2.28. The molecular weight excluding hydrogens is 336 g/mol. The number of pyridine rings is 1. The third kappa shape index (κ3) is 4.04. The Labute approximate surface area is 153 Å². The predicted molar refractivity (Wildman–Crippen MR) is 98.9 cm³/mol. The van der Waals surface area contributed by atoms with Crippen LogP contribution in [0.2, 0.25) is 0 Å². The van der Waals surface area contributed by atoms with Crippen LogP contribution in [-0.4, -0.2) is 44.3 Å². The summed E-state index contributed by atoms with van der Waals surface area (Å²) in [6, 6.07) is 13.1. The van der Waals surface area contributed by atoms with E-state index < -0.39 is 0 Å². The number of piperazine rings is 1. The first-order valence-corrected chi connectivity index (χ1v) is 8.19. The lowest BCUT2D eigenvalue weighted by Crippen LogP contribution is -2.45. The number of aromatic nitrogens is 4. The van der Waals surface area contributed by atoms with Crippen molar-refractivity contribution in [1.82, 2.24) is 30.0 Å². The highest BCUT2D eigenvalue weighted by molar-refractivity contribution is 5.85. The Morgan fingerprint density at radius 1 is 1.04 bits per heavy atom. The van der Waals surface area contributed by atoms with Gasteiger partial charge in [-0.2, -0.15) is 5.10 Å². The Bertz CT molecular complexity index is 760. The molecule has 1 aromatic carbocycles. The first kappa shape index (κ1) is 17.5. The fourth-order valence-corrected chi connectivity index (χ4v) is 3.18. The maximum absolute atomic E-state index is 4.16. The number of halogens is 1. The molecule has 25 heavy (non-hydrogen) atoms. The molecule has 0 saturated carbocycles. The Balaban J connectivity index is 0.00000182. The minimum Gasteiger partial charge on any atom is -0.314 e. The van der Waals surface area contributed by atoms with E-state index in [2.05, 4.69) is 61.7 Å². The first-order chi connectivity index (χ1) is 11.9. The fourth-order valence-electron chi connectivity index (χ4n) is 3.18. The van der Waals surface area contributed by atoms with Gasteiger partial charge in [0.15, 0.2) is 0 Å². The molecule has 4 rings (SSSR count). The third-order valence-electron chi connectivity index (χ3n) is 4.45. The number of rotatable bonds is 4. The smallest absolute Gasteiger partial charge is 0.138 e. The first-order valence-electron chi connectivity index (χ1n) is 8.19. The van der Waals surface area contributed by atoms with Crippen molar-refractivity contribution in [2.45, 2.75) is 12.6 Å². The third-order valence-corrected chi connectivity index (χ3v) is 4.45. The van der Waals surface area contributed by atoms with Gasteiger partial charge in [0.2, 0.25) is 0 Å². The Kier molecular flexibility index (Phi) is 5.75. The summed E-state index contributed by atoms with van der Waals surface area (Å²) in [5.74, 6) is 0. The van der Waals surface area contributed by atoms with Crippen LogP contribution in [0.3, 0.4) is 0 Å². The van der Waals surface area contributed by atoms with Crippen molar-refractivity contribution in [3.63, 3.8) is 0 Å². The number of hydrogen-bond donors (Lipinski definition) is 1. The quantitative estimate of drug-likeness (QED) is 0.776. The fraction of sp³-hybridized carbons (Fsp3) is 0.278. The number of hydrogen-bond acceptors (Lipinski definition) is 5. The van der Waals surface area contributed by atoms with Gasteiger partial charge < -0.3 is 5.32 Å². The lowest BCUT2D eigenvalue weighted by Gasteiger charge is -2.36. The summed E-state index contributed by atoms with van der Waals surface area (Å²) in [5.41, 5.74) is 3.65. The van der Waals surface area contributed by atoms with Gasteiger partial charge in [0, 0.05) is 44.6 Å². The molecule has 0 amide bonds. The molecule has 1 saturated heterocycles. The van der Waals surface area contributed by atoms with Crippen LogP contribution in [0.5, 0.6) is 0 Å². The molecule has 0 bridgehead atoms. The zero-order valence-electron chi connectivity index (χ0n) is 13.8. The zero-order valence-corrected chi connectivity index (χ0v) is 14.6. The summed E-state index contributed by atoms with van der Waals surface area (Å²) in [5, 5.41) is 7.66. The van der Waals surface area contributed by atoms with E-state index in [1.54, 1.807) is 17.3 Å². The molecule has 1 atom stereocenters. The van der Waals surface area contributed by atoms with E-state index in [4.69, 9.17) is 0 Å². The summed E-state index contributed by atoms with van der Waals surface area (Å²) in [4.78, 5) is 10.6. The van der Waals surface area contributed by atoms with E-state index in [0.717, 1.165) is 31.9 Å². The molecular formula is C18H21ClN6. The van der Waals surface area contributed by atoms with Gasteiger partial charge in [-0.15, -0.1) is 12.4 Å². The van der Waals surface area contributed by atoms with E-state index in [1.165, 1.54) is 11.1 Å². The average molecular weight is 357 g/mol. The molecule has 6 nitrogen and oxygen atoms in total. The van der Waals surface area contributed by atoms with Crippen molar-refractivity contribution in [3.8, 4) is 5.69 Å². The van der Waals surface area contributed by atoms with Crippen molar-refractivity contribution in [3.05, 3.63) is 72.6 Å². The molecule has 1 unspecified atom stereocenters. The van der Waals surface area contributed by atoms with Gasteiger partial charge in [-0.1, -0.05) is 12.1 Å². The molecule has 1 aliphatic heterocycles. The van der Waals surface area contributed by atoms with Crippen molar-refractivity contribution < 1.29 is 0 Å². The summed E-state index contributed by atoms with van der Waals surface area (Å²) in [7, 11) is 0. The minimum atomic E-state index is 0. The van der Waals surface area contributed by atoms with E-state index in [9.17, 15) is 0 Å². The van der Waals surface area contributed by atoms with Crippen molar-refractivity contribution >= 4 is 12.4 Å². The SMILES string of the molecule is Cl.c1cc(C2CNCCN2Cc2ccc(-n3cncn3)cc2)ccn1.